The van der Waals surface area contributed by atoms with E-state index in [1.165, 1.54) is 6.07 Å². The molecule has 0 N–H and O–H groups in total. The average molecular weight is 292 g/mol. The Bertz CT molecular complexity index is 682. The first-order valence-electron chi connectivity index (χ1n) is 6.41. The molecule has 1 aliphatic heterocycles. The number of halogens is 3. The maximum atomic E-state index is 13.3. The molecule has 0 bridgehead atoms. The van der Waals surface area contributed by atoms with Crippen molar-refractivity contribution in [1.82, 2.24) is 0 Å². The first kappa shape index (κ1) is 13.3. The van der Waals surface area contributed by atoms with Crippen molar-refractivity contribution in [3.63, 3.8) is 0 Å². The van der Waals surface area contributed by atoms with Gasteiger partial charge in [-0.15, -0.1) is 0 Å². The second-order valence-corrected chi connectivity index (χ2v) is 5.19. The Morgan fingerprint density at radius 3 is 2.60 bits per heavy atom. The van der Waals surface area contributed by atoms with Crippen molar-refractivity contribution >= 4 is 17.3 Å². The lowest BCUT2D eigenvalue weighted by molar-refractivity contribution is 0.505. The van der Waals surface area contributed by atoms with E-state index >= 15 is 0 Å². The van der Waals surface area contributed by atoms with Gasteiger partial charge in [-0.25, -0.2) is 8.78 Å². The number of rotatable bonds is 2. The predicted octanol–water partition coefficient (Wildman–Crippen LogP) is 4.94. The molecule has 0 amide bonds. The zero-order valence-corrected chi connectivity index (χ0v) is 11.4. The molecule has 20 heavy (non-hydrogen) atoms. The van der Waals surface area contributed by atoms with Crippen LogP contribution in [0.5, 0.6) is 0 Å². The molecule has 0 spiro atoms. The molecule has 0 saturated carbocycles. The molecule has 0 saturated heterocycles. The molecule has 1 aliphatic rings. The molecule has 0 aromatic heterocycles. The van der Waals surface area contributed by atoms with Crippen LogP contribution >= 0.6 is 11.6 Å². The van der Waals surface area contributed by atoms with Crippen molar-refractivity contribution in [3.05, 3.63) is 70.2 Å². The van der Waals surface area contributed by atoms with Crippen LogP contribution in [0.1, 0.15) is 30.0 Å². The Morgan fingerprint density at radius 2 is 1.85 bits per heavy atom. The SMILES string of the molecule is Fc1ccc(C2CCC(c3ccccc3Cl)=N2)cc1F. The molecule has 4 heteroatoms. The van der Waals surface area contributed by atoms with Gasteiger partial charge in [0.1, 0.15) is 0 Å². The lowest BCUT2D eigenvalue weighted by Crippen LogP contribution is -1.96. The van der Waals surface area contributed by atoms with Gasteiger partial charge < -0.3 is 0 Å². The van der Waals surface area contributed by atoms with Crippen LogP contribution in [-0.2, 0) is 0 Å². The van der Waals surface area contributed by atoms with Crippen LogP contribution in [-0.4, -0.2) is 5.71 Å². The Kier molecular flexibility index (Phi) is 3.53. The van der Waals surface area contributed by atoms with E-state index in [1.807, 2.05) is 24.3 Å². The summed E-state index contributed by atoms with van der Waals surface area (Å²) in [6, 6.07) is 11.4. The van der Waals surface area contributed by atoms with Crippen LogP contribution in [0.3, 0.4) is 0 Å². The highest BCUT2D eigenvalue weighted by Gasteiger charge is 2.22. The van der Waals surface area contributed by atoms with Crippen molar-refractivity contribution in [3.8, 4) is 0 Å². The van der Waals surface area contributed by atoms with Gasteiger partial charge in [-0.3, -0.25) is 4.99 Å². The summed E-state index contributed by atoms with van der Waals surface area (Å²) >= 11 is 6.15. The van der Waals surface area contributed by atoms with Gasteiger partial charge in [0.25, 0.3) is 0 Å². The maximum Gasteiger partial charge on any atom is 0.159 e. The highest BCUT2D eigenvalue weighted by atomic mass is 35.5. The molecule has 1 atom stereocenters. The second kappa shape index (κ2) is 5.33. The molecule has 2 aromatic rings. The van der Waals surface area contributed by atoms with Crippen LogP contribution in [0.4, 0.5) is 8.78 Å². The molecule has 0 radical (unpaired) electrons. The normalized spacial score (nSPS) is 18.1. The van der Waals surface area contributed by atoms with Crippen molar-refractivity contribution in [2.45, 2.75) is 18.9 Å². The largest absolute Gasteiger partial charge is 0.281 e. The summed E-state index contributed by atoms with van der Waals surface area (Å²) in [6.45, 7) is 0. The van der Waals surface area contributed by atoms with Gasteiger partial charge in [0.2, 0.25) is 0 Å². The summed E-state index contributed by atoms with van der Waals surface area (Å²) in [7, 11) is 0. The highest BCUT2D eigenvalue weighted by Crippen LogP contribution is 2.33. The van der Waals surface area contributed by atoms with E-state index < -0.39 is 11.6 Å². The van der Waals surface area contributed by atoms with Crippen molar-refractivity contribution < 1.29 is 8.78 Å². The van der Waals surface area contributed by atoms with Crippen molar-refractivity contribution in [2.24, 2.45) is 4.99 Å². The minimum absolute atomic E-state index is 0.128. The van der Waals surface area contributed by atoms with Gasteiger partial charge in [0.15, 0.2) is 11.6 Å². The summed E-state index contributed by atoms with van der Waals surface area (Å²) in [5.74, 6) is -1.66. The molecule has 3 rings (SSSR count). The van der Waals surface area contributed by atoms with Gasteiger partial charge in [-0.05, 0) is 36.6 Å². The fourth-order valence-corrected chi connectivity index (χ4v) is 2.70. The first-order valence-corrected chi connectivity index (χ1v) is 6.79. The lowest BCUT2D eigenvalue weighted by atomic mass is 10.0. The monoisotopic (exact) mass is 291 g/mol. The highest BCUT2D eigenvalue weighted by molar-refractivity contribution is 6.34. The van der Waals surface area contributed by atoms with E-state index in [2.05, 4.69) is 4.99 Å². The third kappa shape index (κ3) is 2.46. The average Bonchev–Trinajstić information content (AvgIpc) is 2.92. The van der Waals surface area contributed by atoms with Gasteiger partial charge in [0, 0.05) is 16.3 Å². The summed E-state index contributed by atoms with van der Waals surface area (Å²) < 4.78 is 26.2. The van der Waals surface area contributed by atoms with E-state index in [0.717, 1.165) is 30.2 Å². The fourth-order valence-electron chi connectivity index (χ4n) is 2.45. The van der Waals surface area contributed by atoms with E-state index in [0.29, 0.717) is 10.6 Å². The van der Waals surface area contributed by atoms with E-state index in [4.69, 9.17) is 11.6 Å². The molecule has 2 aromatic carbocycles. The van der Waals surface area contributed by atoms with Crippen LogP contribution in [0.15, 0.2) is 47.5 Å². The number of aliphatic imine (C=N–C) groups is 1. The fraction of sp³-hybridized carbons (Fsp3) is 0.188. The molecule has 1 unspecified atom stereocenters. The van der Waals surface area contributed by atoms with Crippen LogP contribution < -0.4 is 0 Å². The number of nitrogens with zero attached hydrogens (tertiary/aromatic N) is 1. The molecule has 1 nitrogen and oxygen atoms in total. The summed E-state index contributed by atoms with van der Waals surface area (Å²) in [5, 5.41) is 0.664. The number of benzene rings is 2. The van der Waals surface area contributed by atoms with Gasteiger partial charge in [-0.1, -0.05) is 35.9 Å². The van der Waals surface area contributed by atoms with Gasteiger partial charge in [-0.2, -0.15) is 0 Å². The van der Waals surface area contributed by atoms with E-state index in [-0.39, 0.29) is 6.04 Å². The number of hydrogen-bond donors (Lipinski definition) is 0. The van der Waals surface area contributed by atoms with Crippen LogP contribution in [0, 0.1) is 11.6 Å². The first-order chi connectivity index (χ1) is 9.65. The van der Waals surface area contributed by atoms with Gasteiger partial charge >= 0.3 is 0 Å². The minimum Gasteiger partial charge on any atom is -0.281 e. The Labute approximate surface area is 120 Å². The zero-order valence-electron chi connectivity index (χ0n) is 10.6. The molecular weight excluding hydrogens is 280 g/mol. The standard InChI is InChI=1S/C16H12ClF2N/c17-12-4-2-1-3-11(12)16-8-7-15(20-16)10-5-6-13(18)14(19)9-10/h1-6,9,15H,7-8H2. The van der Waals surface area contributed by atoms with E-state index in [1.54, 1.807) is 6.07 Å². The summed E-state index contributed by atoms with van der Waals surface area (Å²) in [4.78, 5) is 4.60. The van der Waals surface area contributed by atoms with E-state index in [9.17, 15) is 8.78 Å². The summed E-state index contributed by atoms with van der Waals surface area (Å²) in [5.41, 5.74) is 2.54. The zero-order chi connectivity index (χ0) is 14.1. The van der Waals surface area contributed by atoms with Crippen LogP contribution in [0.25, 0.3) is 0 Å². The predicted molar refractivity (Wildman–Crippen MR) is 76.3 cm³/mol. The van der Waals surface area contributed by atoms with Crippen molar-refractivity contribution in [1.29, 1.82) is 0 Å². The quantitative estimate of drug-likeness (QED) is 0.743. The molecular formula is C16H12ClF2N. The van der Waals surface area contributed by atoms with Crippen molar-refractivity contribution in [2.75, 3.05) is 0 Å². The third-order valence-corrected chi connectivity index (χ3v) is 3.81. The summed E-state index contributed by atoms with van der Waals surface area (Å²) in [6.07, 6.45) is 1.57. The van der Waals surface area contributed by atoms with Crippen LogP contribution in [0.2, 0.25) is 5.02 Å². The Balaban J connectivity index is 1.91. The Morgan fingerprint density at radius 1 is 1.05 bits per heavy atom. The van der Waals surface area contributed by atoms with Gasteiger partial charge in [0.05, 0.1) is 6.04 Å². The molecule has 102 valence electrons. The molecule has 1 heterocycles. The second-order valence-electron chi connectivity index (χ2n) is 4.78. The Hall–Kier alpha value is -1.74. The lowest BCUT2D eigenvalue weighted by Gasteiger charge is -2.07. The molecule has 0 aliphatic carbocycles. The minimum atomic E-state index is -0.831. The smallest absolute Gasteiger partial charge is 0.159 e. The number of hydrogen-bond acceptors (Lipinski definition) is 1. The maximum absolute atomic E-state index is 13.3. The molecule has 0 fully saturated rings. The topological polar surface area (TPSA) is 12.4 Å². The third-order valence-electron chi connectivity index (χ3n) is 3.48.